The van der Waals surface area contributed by atoms with E-state index in [0.29, 0.717) is 19.7 Å². The third kappa shape index (κ3) is 2.03. The minimum absolute atomic E-state index is 0.145. The number of likely N-dealkylation sites (tertiary alicyclic amines) is 1. The molecule has 108 valence electrons. The van der Waals surface area contributed by atoms with Gasteiger partial charge in [0.2, 0.25) is 5.91 Å². The molecule has 4 heteroatoms. The van der Waals surface area contributed by atoms with Crippen LogP contribution in [-0.2, 0) is 15.1 Å². The van der Waals surface area contributed by atoms with Gasteiger partial charge in [-0.2, -0.15) is 0 Å². The number of nitrogens with zero attached hydrogens (tertiary/aromatic N) is 1. The lowest BCUT2D eigenvalue weighted by Gasteiger charge is -2.52. The molecular weight excluding hydrogens is 254 g/mol. The Balaban J connectivity index is 1.67. The molecule has 4 nitrogen and oxygen atoms in total. The van der Waals surface area contributed by atoms with Crippen LogP contribution < -0.4 is 0 Å². The summed E-state index contributed by atoms with van der Waals surface area (Å²) in [6, 6.07) is 9.58. The van der Waals surface area contributed by atoms with E-state index in [1.807, 2.05) is 30.3 Å². The van der Waals surface area contributed by atoms with Crippen LogP contribution in [0.1, 0.15) is 24.8 Å². The first-order valence-corrected chi connectivity index (χ1v) is 7.16. The van der Waals surface area contributed by atoms with Crippen LogP contribution in [0.5, 0.6) is 0 Å². The van der Waals surface area contributed by atoms with Gasteiger partial charge < -0.3 is 14.7 Å². The highest BCUT2D eigenvalue weighted by molar-refractivity contribution is 5.85. The minimum atomic E-state index is -0.880. The van der Waals surface area contributed by atoms with Gasteiger partial charge in [0.05, 0.1) is 25.1 Å². The standard InChI is InChI=1S/C16H21NO3/c1-20-12-15(8-5-9-15)14(18)17-10-16(19,11-17)13-6-3-2-4-7-13/h2-4,6-7,19H,5,8-12H2,1H3. The van der Waals surface area contributed by atoms with E-state index in [1.165, 1.54) is 0 Å². The maximum atomic E-state index is 12.6. The molecule has 1 amide bonds. The number of β-amino-alcohol motifs (C(OH)–C–C–N with tert-alkyl or cyclic N) is 1. The fraction of sp³-hybridized carbons (Fsp3) is 0.562. The molecule has 2 fully saturated rings. The Morgan fingerprint density at radius 2 is 1.95 bits per heavy atom. The Bertz CT molecular complexity index is 490. The highest BCUT2D eigenvalue weighted by atomic mass is 16.5. The van der Waals surface area contributed by atoms with Crippen LogP contribution in [0, 0.1) is 5.41 Å². The predicted molar refractivity (Wildman–Crippen MR) is 75.1 cm³/mol. The van der Waals surface area contributed by atoms with Crippen molar-refractivity contribution in [1.82, 2.24) is 4.90 Å². The molecule has 1 aliphatic carbocycles. The van der Waals surface area contributed by atoms with E-state index in [9.17, 15) is 9.90 Å². The van der Waals surface area contributed by atoms with Crippen LogP contribution in [0.25, 0.3) is 0 Å². The number of ether oxygens (including phenoxy) is 1. The number of methoxy groups -OCH3 is 1. The van der Waals surface area contributed by atoms with Crippen LogP contribution in [0.15, 0.2) is 30.3 Å². The maximum Gasteiger partial charge on any atom is 0.231 e. The van der Waals surface area contributed by atoms with Gasteiger partial charge in [0.1, 0.15) is 5.60 Å². The zero-order valence-electron chi connectivity index (χ0n) is 11.8. The zero-order chi connectivity index (χ0) is 14.2. The smallest absolute Gasteiger partial charge is 0.231 e. The van der Waals surface area contributed by atoms with Gasteiger partial charge in [-0.1, -0.05) is 36.8 Å². The van der Waals surface area contributed by atoms with E-state index in [4.69, 9.17) is 4.74 Å². The summed E-state index contributed by atoms with van der Waals surface area (Å²) in [4.78, 5) is 14.3. The average molecular weight is 275 g/mol. The molecule has 0 spiro atoms. The van der Waals surface area contributed by atoms with Crippen LogP contribution in [0.3, 0.4) is 0 Å². The second-order valence-electron chi connectivity index (χ2n) is 6.13. The van der Waals surface area contributed by atoms with Crippen molar-refractivity contribution in [2.24, 2.45) is 5.41 Å². The molecule has 2 aliphatic rings. The summed E-state index contributed by atoms with van der Waals surface area (Å²) in [5.41, 5.74) is -0.319. The van der Waals surface area contributed by atoms with Crippen LogP contribution in [0.2, 0.25) is 0 Å². The van der Waals surface area contributed by atoms with Crippen LogP contribution in [-0.4, -0.2) is 42.7 Å². The number of rotatable bonds is 4. The molecule has 0 radical (unpaired) electrons. The van der Waals surface area contributed by atoms with Crippen molar-refractivity contribution >= 4 is 5.91 Å². The fourth-order valence-corrected chi connectivity index (χ4v) is 3.29. The van der Waals surface area contributed by atoms with Crippen molar-refractivity contribution in [3.8, 4) is 0 Å². The Labute approximate surface area is 119 Å². The molecule has 0 atom stereocenters. The first-order chi connectivity index (χ1) is 9.60. The monoisotopic (exact) mass is 275 g/mol. The summed E-state index contributed by atoms with van der Waals surface area (Å²) < 4.78 is 5.22. The first kappa shape index (κ1) is 13.6. The van der Waals surface area contributed by atoms with Crippen molar-refractivity contribution < 1.29 is 14.6 Å². The second-order valence-corrected chi connectivity index (χ2v) is 6.13. The summed E-state index contributed by atoms with van der Waals surface area (Å²) in [5, 5.41) is 10.6. The van der Waals surface area contributed by atoms with E-state index in [2.05, 4.69) is 0 Å². The van der Waals surface area contributed by atoms with Crippen molar-refractivity contribution in [3.05, 3.63) is 35.9 Å². The number of carbonyl (C=O) groups is 1. The quantitative estimate of drug-likeness (QED) is 0.906. The molecule has 1 N–H and O–H groups in total. The van der Waals surface area contributed by atoms with Gasteiger partial charge >= 0.3 is 0 Å². The minimum Gasteiger partial charge on any atom is -0.384 e. The second kappa shape index (κ2) is 4.86. The zero-order valence-corrected chi connectivity index (χ0v) is 11.8. The van der Waals surface area contributed by atoms with E-state index in [1.54, 1.807) is 12.0 Å². The van der Waals surface area contributed by atoms with Gasteiger partial charge in [-0.3, -0.25) is 4.79 Å². The molecule has 1 heterocycles. The van der Waals surface area contributed by atoms with Gasteiger partial charge in [0.15, 0.2) is 0 Å². The summed E-state index contributed by atoms with van der Waals surface area (Å²) in [5.74, 6) is 0.145. The molecule has 3 rings (SSSR count). The lowest BCUT2D eigenvalue weighted by atomic mass is 9.67. The number of aliphatic hydroxyl groups is 1. The molecule has 1 saturated heterocycles. The van der Waals surface area contributed by atoms with Crippen LogP contribution >= 0.6 is 0 Å². The normalized spacial score (nSPS) is 22.8. The number of hydrogen-bond acceptors (Lipinski definition) is 3. The van der Waals surface area contributed by atoms with Gasteiger partial charge in [0.25, 0.3) is 0 Å². The molecule has 1 aromatic carbocycles. The molecule has 0 unspecified atom stereocenters. The lowest BCUT2D eigenvalue weighted by Crippen LogP contribution is -2.65. The fourth-order valence-electron chi connectivity index (χ4n) is 3.29. The molecule has 1 saturated carbocycles. The third-order valence-corrected chi connectivity index (χ3v) is 4.69. The van der Waals surface area contributed by atoms with E-state index in [-0.39, 0.29) is 11.3 Å². The highest BCUT2D eigenvalue weighted by Crippen LogP contribution is 2.45. The number of benzene rings is 1. The summed E-state index contributed by atoms with van der Waals surface area (Å²) in [6.45, 7) is 1.27. The molecule has 1 aliphatic heterocycles. The number of hydrogen-bond donors (Lipinski definition) is 1. The average Bonchev–Trinajstić information content (AvgIpc) is 2.39. The van der Waals surface area contributed by atoms with E-state index >= 15 is 0 Å². The van der Waals surface area contributed by atoms with Gasteiger partial charge in [0, 0.05) is 7.11 Å². The number of amides is 1. The maximum absolute atomic E-state index is 12.6. The molecular formula is C16H21NO3. The Hall–Kier alpha value is -1.39. The van der Waals surface area contributed by atoms with Gasteiger partial charge in [-0.15, -0.1) is 0 Å². The molecule has 0 aromatic heterocycles. The van der Waals surface area contributed by atoms with Crippen molar-refractivity contribution in [3.63, 3.8) is 0 Å². The Kier molecular flexibility index (Phi) is 3.30. The molecule has 1 aromatic rings. The van der Waals surface area contributed by atoms with Gasteiger partial charge in [-0.25, -0.2) is 0 Å². The third-order valence-electron chi connectivity index (χ3n) is 4.69. The lowest BCUT2D eigenvalue weighted by molar-refractivity contribution is -0.176. The topological polar surface area (TPSA) is 49.8 Å². The first-order valence-electron chi connectivity index (χ1n) is 7.16. The van der Waals surface area contributed by atoms with Crippen molar-refractivity contribution in [2.45, 2.75) is 24.9 Å². The summed E-state index contributed by atoms with van der Waals surface area (Å²) >= 11 is 0. The van der Waals surface area contributed by atoms with Crippen molar-refractivity contribution in [2.75, 3.05) is 26.8 Å². The van der Waals surface area contributed by atoms with E-state index < -0.39 is 5.60 Å². The SMILES string of the molecule is COCC1(C(=O)N2CC(O)(c3ccccc3)C2)CCC1. The molecule has 0 bridgehead atoms. The van der Waals surface area contributed by atoms with Crippen molar-refractivity contribution in [1.29, 1.82) is 0 Å². The summed E-state index contributed by atoms with van der Waals surface area (Å²) in [7, 11) is 1.64. The summed E-state index contributed by atoms with van der Waals surface area (Å²) in [6.07, 6.45) is 2.89. The highest BCUT2D eigenvalue weighted by Gasteiger charge is 2.53. The largest absolute Gasteiger partial charge is 0.384 e. The predicted octanol–water partition coefficient (Wildman–Crippen LogP) is 1.53. The molecule has 20 heavy (non-hydrogen) atoms. The Morgan fingerprint density at radius 1 is 1.30 bits per heavy atom. The van der Waals surface area contributed by atoms with E-state index in [0.717, 1.165) is 24.8 Å². The number of carbonyl (C=O) groups excluding carboxylic acids is 1. The Morgan fingerprint density at radius 3 is 2.45 bits per heavy atom. The van der Waals surface area contributed by atoms with Crippen LogP contribution in [0.4, 0.5) is 0 Å². The van der Waals surface area contributed by atoms with Gasteiger partial charge in [-0.05, 0) is 18.4 Å².